The molecule has 0 aliphatic heterocycles. The highest BCUT2D eigenvalue weighted by molar-refractivity contribution is 5.77. The highest BCUT2D eigenvalue weighted by atomic mass is 14.8. The van der Waals surface area contributed by atoms with E-state index in [2.05, 4.69) is 4.99 Å². The Morgan fingerprint density at radius 3 is 2.58 bits per heavy atom. The van der Waals surface area contributed by atoms with Gasteiger partial charge in [0.15, 0.2) is 0 Å². The molecule has 0 spiro atoms. The zero-order valence-corrected chi connectivity index (χ0v) is 8.05. The van der Waals surface area contributed by atoms with Crippen LogP contribution in [0.1, 0.15) is 45.4 Å². The number of hydrogen-bond donors (Lipinski definition) is 1. The van der Waals surface area contributed by atoms with E-state index in [1.54, 1.807) is 0 Å². The van der Waals surface area contributed by atoms with Gasteiger partial charge < -0.3 is 5.73 Å². The number of nitrogens with zero attached hydrogens (tertiary/aromatic N) is 1. The highest BCUT2D eigenvalue weighted by Gasteiger charge is 2.11. The molecule has 1 saturated carbocycles. The van der Waals surface area contributed by atoms with Crippen LogP contribution < -0.4 is 5.73 Å². The Bertz CT molecular complexity index is 142. The third kappa shape index (κ3) is 3.74. The average molecular weight is 168 g/mol. The maximum atomic E-state index is 5.46. The first-order chi connectivity index (χ1) is 5.79. The average Bonchev–Trinajstić information content (AvgIpc) is 2.05. The van der Waals surface area contributed by atoms with Crippen molar-refractivity contribution < 1.29 is 0 Å². The van der Waals surface area contributed by atoms with Crippen molar-refractivity contribution in [3.05, 3.63) is 0 Å². The summed E-state index contributed by atoms with van der Waals surface area (Å²) in [4.78, 5) is 4.21. The lowest BCUT2D eigenvalue weighted by Gasteiger charge is -2.20. The van der Waals surface area contributed by atoms with Crippen LogP contribution in [0.5, 0.6) is 0 Å². The third-order valence-corrected chi connectivity index (χ3v) is 2.62. The Morgan fingerprint density at radius 1 is 1.33 bits per heavy atom. The molecule has 2 N–H and O–H groups in total. The Hall–Kier alpha value is -0.530. The minimum absolute atomic E-state index is 0.728. The van der Waals surface area contributed by atoms with Crippen LogP contribution in [0.25, 0.3) is 0 Å². The lowest BCUT2D eigenvalue weighted by Crippen LogP contribution is -2.10. The van der Waals surface area contributed by atoms with E-state index < -0.39 is 0 Å². The summed E-state index contributed by atoms with van der Waals surface area (Å²) in [7, 11) is 0. The van der Waals surface area contributed by atoms with Crippen molar-refractivity contribution in [1.29, 1.82) is 0 Å². The van der Waals surface area contributed by atoms with Crippen molar-refractivity contribution in [2.24, 2.45) is 16.6 Å². The van der Waals surface area contributed by atoms with Gasteiger partial charge in [-0.05, 0) is 19.3 Å². The van der Waals surface area contributed by atoms with Crippen LogP contribution in [-0.2, 0) is 0 Å². The van der Waals surface area contributed by atoms with Crippen molar-refractivity contribution >= 4 is 5.84 Å². The molecule has 2 heteroatoms. The fraction of sp³-hybridized carbons (Fsp3) is 0.900. The number of rotatable bonds is 3. The maximum absolute atomic E-state index is 5.46. The molecule has 1 aliphatic carbocycles. The normalized spacial score (nSPS) is 21.2. The first-order valence-corrected chi connectivity index (χ1v) is 5.05. The van der Waals surface area contributed by atoms with Crippen LogP contribution in [-0.4, -0.2) is 12.4 Å². The Labute approximate surface area is 75.3 Å². The lowest BCUT2D eigenvalue weighted by molar-refractivity contribution is 0.343. The molecule has 0 aromatic heterocycles. The molecule has 2 nitrogen and oxygen atoms in total. The predicted octanol–water partition coefficient (Wildman–Crippen LogP) is 2.33. The van der Waals surface area contributed by atoms with Gasteiger partial charge in [0, 0.05) is 6.54 Å². The second kappa shape index (κ2) is 5.18. The summed E-state index contributed by atoms with van der Waals surface area (Å²) in [6.45, 7) is 2.80. The first kappa shape index (κ1) is 9.56. The minimum Gasteiger partial charge on any atom is -0.388 e. The molecule has 0 heterocycles. The summed E-state index contributed by atoms with van der Waals surface area (Å²) in [5.74, 6) is 1.66. The fourth-order valence-electron chi connectivity index (χ4n) is 1.90. The lowest BCUT2D eigenvalue weighted by atomic mass is 9.87. The summed E-state index contributed by atoms with van der Waals surface area (Å²) < 4.78 is 0. The van der Waals surface area contributed by atoms with Crippen LogP contribution in [0.2, 0.25) is 0 Å². The summed E-state index contributed by atoms with van der Waals surface area (Å²) in [5.41, 5.74) is 5.46. The van der Waals surface area contributed by atoms with Crippen LogP contribution in [0.3, 0.4) is 0 Å². The van der Waals surface area contributed by atoms with Crippen molar-refractivity contribution in [3.63, 3.8) is 0 Å². The van der Waals surface area contributed by atoms with E-state index in [0.717, 1.165) is 18.3 Å². The highest BCUT2D eigenvalue weighted by Crippen LogP contribution is 2.25. The van der Waals surface area contributed by atoms with Gasteiger partial charge >= 0.3 is 0 Å². The van der Waals surface area contributed by atoms with Crippen molar-refractivity contribution in [2.75, 3.05) is 6.54 Å². The molecule has 0 amide bonds. The summed E-state index contributed by atoms with van der Waals surface area (Å²) >= 11 is 0. The fourth-order valence-corrected chi connectivity index (χ4v) is 1.90. The number of aliphatic imine (C=N–C) groups is 1. The van der Waals surface area contributed by atoms with Gasteiger partial charge in [0.1, 0.15) is 0 Å². The Morgan fingerprint density at radius 2 is 2.00 bits per heavy atom. The van der Waals surface area contributed by atoms with Gasteiger partial charge in [-0.15, -0.1) is 0 Å². The standard InChI is InChI=1S/C10H20N2/c1-9(11)12-8-7-10-5-3-2-4-6-10/h10H,2-8H2,1H3,(H2,11,12). The molecule has 0 unspecified atom stereocenters. The largest absolute Gasteiger partial charge is 0.388 e. The maximum Gasteiger partial charge on any atom is 0.0905 e. The van der Waals surface area contributed by atoms with Crippen molar-refractivity contribution in [2.45, 2.75) is 45.4 Å². The predicted molar refractivity (Wildman–Crippen MR) is 53.4 cm³/mol. The van der Waals surface area contributed by atoms with Crippen LogP contribution in [0, 0.1) is 5.92 Å². The zero-order chi connectivity index (χ0) is 8.81. The molecule has 0 bridgehead atoms. The molecule has 0 saturated heterocycles. The van der Waals surface area contributed by atoms with Gasteiger partial charge in [0.25, 0.3) is 0 Å². The van der Waals surface area contributed by atoms with Crippen LogP contribution in [0.15, 0.2) is 4.99 Å². The van der Waals surface area contributed by atoms with Gasteiger partial charge in [0.2, 0.25) is 0 Å². The summed E-state index contributed by atoms with van der Waals surface area (Å²) in [6, 6.07) is 0. The molecular weight excluding hydrogens is 148 g/mol. The van der Waals surface area contributed by atoms with E-state index in [1.807, 2.05) is 6.92 Å². The molecule has 1 fully saturated rings. The van der Waals surface area contributed by atoms with Gasteiger partial charge in [-0.1, -0.05) is 32.1 Å². The SMILES string of the molecule is CC(N)=NCCC1CCCCC1. The molecule has 0 atom stereocenters. The van der Waals surface area contributed by atoms with E-state index in [0.29, 0.717) is 0 Å². The number of amidine groups is 1. The first-order valence-electron chi connectivity index (χ1n) is 5.05. The second-order valence-electron chi connectivity index (χ2n) is 3.82. The van der Waals surface area contributed by atoms with Crippen LogP contribution >= 0.6 is 0 Å². The van der Waals surface area contributed by atoms with Crippen LogP contribution in [0.4, 0.5) is 0 Å². The third-order valence-electron chi connectivity index (χ3n) is 2.62. The monoisotopic (exact) mass is 168 g/mol. The van der Waals surface area contributed by atoms with Gasteiger partial charge in [-0.25, -0.2) is 0 Å². The molecule has 0 aromatic rings. The molecule has 1 aliphatic rings. The molecule has 0 radical (unpaired) electrons. The van der Waals surface area contributed by atoms with Gasteiger partial charge in [-0.2, -0.15) is 0 Å². The summed E-state index contributed by atoms with van der Waals surface area (Å²) in [5, 5.41) is 0. The smallest absolute Gasteiger partial charge is 0.0905 e. The summed E-state index contributed by atoms with van der Waals surface area (Å²) in [6.07, 6.45) is 8.37. The second-order valence-corrected chi connectivity index (χ2v) is 3.82. The van der Waals surface area contributed by atoms with E-state index in [-0.39, 0.29) is 0 Å². The Kier molecular flexibility index (Phi) is 4.12. The minimum atomic E-state index is 0.728. The molecular formula is C10H20N2. The van der Waals surface area contributed by atoms with E-state index in [1.165, 1.54) is 38.5 Å². The number of hydrogen-bond acceptors (Lipinski definition) is 1. The van der Waals surface area contributed by atoms with Crippen molar-refractivity contribution in [1.82, 2.24) is 0 Å². The topological polar surface area (TPSA) is 38.4 Å². The quantitative estimate of drug-likeness (QED) is 0.510. The Balaban J connectivity index is 2.09. The van der Waals surface area contributed by atoms with Crippen molar-refractivity contribution in [3.8, 4) is 0 Å². The van der Waals surface area contributed by atoms with E-state index in [4.69, 9.17) is 5.73 Å². The van der Waals surface area contributed by atoms with E-state index in [9.17, 15) is 0 Å². The zero-order valence-electron chi connectivity index (χ0n) is 8.05. The molecule has 70 valence electrons. The molecule has 12 heavy (non-hydrogen) atoms. The molecule has 0 aromatic carbocycles. The number of nitrogens with two attached hydrogens (primary N) is 1. The van der Waals surface area contributed by atoms with Gasteiger partial charge in [0.05, 0.1) is 5.84 Å². The van der Waals surface area contributed by atoms with E-state index >= 15 is 0 Å². The molecule has 1 rings (SSSR count). The van der Waals surface area contributed by atoms with Gasteiger partial charge in [-0.3, -0.25) is 4.99 Å².